The molecule has 21 heavy (non-hydrogen) atoms. The summed E-state index contributed by atoms with van der Waals surface area (Å²) in [5, 5.41) is -0.505. The van der Waals surface area contributed by atoms with Crippen molar-refractivity contribution in [1.82, 2.24) is 4.57 Å². The molecule has 4 heteroatoms. The van der Waals surface area contributed by atoms with Crippen LogP contribution in [-0.2, 0) is 6.42 Å². The van der Waals surface area contributed by atoms with Gasteiger partial charge in [0.05, 0.1) is 5.38 Å². The van der Waals surface area contributed by atoms with Gasteiger partial charge in [0.15, 0.2) is 5.78 Å². The fourth-order valence-electron chi connectivity index (χ4n) is 2.65. The molecule has 0 radical (unpaired) electrons. The molecular formula is C17H19BrClNO. The number of aryl methyl sites for hydroxylation is 2. The van der Waals surface area contributed by atoms with Crippen LogP contribution in [0.3, 0.4) is 0 Å². The standard InChI is InChI=1S/C17H19BrClNO/c1-5-13-9-14(18)6-7-16(13)20-10(2)8-15(12(20)4)17(21)11(3)19/h6-9,11H,5H2,1-4H3. The number of nitrogens with zero attached hydrogens (tertiary/aromatic N) is 1. The molecule has 0 fully saturated rings. The van der Waals surface area contributed by atoms with Crippen molar-refractivity contribution in [2.75, 3.05) is 0 Å². The average Bonchev–Trinajstić information content (AvgIpc) is 2.73. The summed E-state index contributed by atoms with van der Waals surface area (Å²) >= 11 is 9.47. The van der Waals surface area contributed by atoms with Gasteiger partial charge in [-0.05, 0) is 57.0 Å². The molecule has 0 aliphatic carbocycles. The topological polar surface area (TPSA) is 22.0 Å². The molecule has 0 aliphatic rings. The van der Waals surface area contributed by atoms with Gasteiger partial charge in [-0.15, -0.1) is 11.6 Å². The number of aromatic nitrogens is 1. The predicted octanol–water partition coefficient (Wildman–Crippen LogP) is 5.23. The Morgan fingerprint density at radius 3 is 2.57 bits per heavy atom. The molecule has 112 valence electrons. The summed E-state index contributed by atoms with van der Waals surface area (Å²) in [5.74, 6) is -0.0221. The van der Waals surface area contributed by atoms with E-state index in [-0.39, 0.29) is 5.78 Å². The normalized spacial score (nSPS) is 12.5. The Balaban J connectivity index is 2.63. The first-order chi connectivity index (χ1) is 9.86. The van der Waals surface area contributed by atoms with Crippen LogP contribution in [0.1, 0.15) is 41.2 Å². The van der Waals surface area contributed by atoms with Gasteiger partial charge < -0.3 is 4.57 Å². The number of rotatable bonds is 4. The van der Waals surface area contributed by atoms with Gasteiger partial charge in [0.2, 0.25) is 0 Å². The molecule has 2 nitrogen and oxygen atoms in total. The fourth-order valence-corrected chi connectivity index (χ4v) is 3.18. The molecule has 0 spiro atoms. The molecule has 0 bridgehead atoms. The summed E-state index contributed by atoms with van der Waals surface area (Å²) in [5.41, 5.74) is 5.06. The lowest BCUT2D eigenvalue weighted by Gasteiger charge is -2.15. The Hall–Kier alpha value is -1.06. The van der Waals surface area contributed by atoms with Crippen LogP contribution < -0.4 is 0 Å². The van der Waals surface area contributed by atoms with Gasteiger partial charge in [-0.25, -0.2) is 0 Å². The second kappa shape index (κ2) is 6.37. The van der Waals surface area contributed by atoms with E-state index in [9.17, 15) is 4.79 Å². The fraction of sp³-hybridized carbons (Fsp3) is 0.353. The monoisotopic (exact) mass is 367 g/mol. The summed E-state index contributed by atoms with van der Waals surface area (Å²) in [7, 11) is 0. The highest BCUT2D eigenvalue weighted by atomic mass is 79.9. The minimum atomic E-state index is -0.505. The lowest BCUT2D eigenvalue weighted by molar-refractivity contribution is 0.0991. The van der Waals surface area contributed by atoms with E-state index in [1.165, 1.54) is 5.56 Å². The van der Waals surface area contributed by atoms with Gasteiger partial charge in [-0.1, -0.05) is 22.9 Å². The molecule has 2 aromatic rings. The number of alkyl halides is 1. The Morgan fingerprint density at radius 1 is 1.33 bits per heavy atom. The molecule has 0 amide bonds. The second-order valence-electron chi connectivity index (χ2n) is 5.23. The zero-order valence-corrected chi connectivity index (χ0v) is 15.0. The van der Waals surface area contributed by atoms with E-state index in [1.807, 2.05) is 26.0 Å². The number of Topliss-reactive ketones (excluding diaryl/α,β-unsaturated/α-hetero) is 1. The van der Waals surface area contributed by atoms with Crippen LogP contribution in [0.15, 0.2) is 28.7 Å². The molecule has 1 heterocycles. The average molecular weight is 369 g/mol. The minimum Gasteiger partial charge on any atom is -0.317 e. The lowest BCUT2D eigenvalue weighted by Crippen LogP contribution is -2.12. The Labute approximate surface area is 139 Å². The molecule has 1 atom stereocenters. The van der Waals surface area contributed by atoms with E-state index >= 15 is 0 Å². The maximum Gasteiger partial charge on any atom is 0.182 e. The Bertz CT molecular complexity index is 688. The van der Waals surface area contributed by atoms with Crippen molar-refractivity contribution in [3.63, 3.8) is 0 Å². The quantitative estimate of drug-likeness (QED) is 0.535. The molecule has 1 aromatic carbocycles. The maximum absolute atomic E-state index is 12.2. The number of benzene rings is 1. The van der Waals surface area contributed by atoms with Gasteiger partial charge >= 0.3 is 0 Å². The van der Waals surface area contributed by atoms with Gasteiger partial charge in [0, 0.05) is 27.1 Å². The van der Waals surface area contributed by atoms with E-state index in [1.54, 1.807) is 6.92 Å². The number of hydrogen-bond donors (Lipinski definition) is 0. The molecule has 1 aromatic heterocycles. The smallest absolute Gasteiger partial charge is 0.182 e. The number of carbonyl (C=O) groups is 1. The van der Waals surface area contributed by atoms with Crippen LogP contribution in [0.25, 0.3) is 5.69 Å². The molecular weight excluding hydrogens is 350 g/mol. The first-order valence-electron chi connectivity index (χ1n) is 7.02. The van der Waals surface area contributed by atoms with Gasteiger partial charge in [0.1, 0.15) is 0 Å². The van der Waals surface area contributed by atoms with E-state index in [0.717, 1.165) is 28.0 Å². The zero-order valence-electron chi connectivity index (χ0n) is 12.7. The van der Waals surface area contributed by atoms with E-state index < -0.39 is 5.38 Å². The van der Waals surface area contributed by atoms with Crippen LogP contribution in [0, 0.1) is 13.8 Å². The van der Waals surface area contributed by atoms with E-state index in [4.69, 9.17) is 11.6 Å². The van der Waals surface area contributed by atoms with Crippen molar-refractivity contribution in [2.24, 2.45) is 0 Å². The third kappa shape index (κ3) is 3.09. The van der Waals surface area contributed by atoms with Gasteiger partial charge in [-0.3, -0.25) is 4.79 Å². The van der Waals surface area contributed by atoms with Crippen molar-refractivity contribution >= 4 is 33.3 Å². The van der Waals surface area contributed by atoms with Gasteiger partial charge in [-0.2, -0.15) is 0 Å². The van der Waals surface area contributed by atoms with E-state index in [0.29, 0.717) is 5.56 Å². The van der Waals surface area contributed by atoms with Crippen LogP contribution >= 0.6 is 27.5 Å². The maximum atomic E-state index is 12.2. The highest BCUT2D eigenvalue weighted by Crippen LogP contribution is 2.27. The number of carbonyl (C=O) groups excluding carboxylic acids is 1. The highest BCUT2D eigenvalue weighted by Gasteiger charge is 2.20. The van der Waals surface area contributed by atoms with Crippen LogP contribution in [0.2, 0.25) is 0 Å². The summed E-state index contributed by atoms with van der Waals surface area (Å²) in [4.78, 5) is 12.2. The van der Waals surface area contributed by atoms with Crippen molar-refractivity contribution in [3.05, 3.63) is 51.3 Å². The number of ketones is 1. The van der Waals surface area contributed by atoms with Crippen LogP contribution in [-0.4, -0.2) is 15.7 Å². The summed E-state index contributed by atoms with van der Waals surface area (Å²) in [6, 6.07) is 8.16. The number of hydrogen-bond acceptors (Lipinski definition) is 1. The molecule has 0 saturated heterocycles. The number of halogens is 2. The van der Waals surface area contributed by atoms with Crippen LogP contribution in [0.5, 0.6) is 0 Å². The van der Waals surface area contributed by atoms with Crippen molar-refractivity contribution in [1.29, 1.82) is 0 Å². The Morgan fingerprint density at radius 2 is 2.00 bits per heavy atom. The summed E-state index contributed by atoms with van der Waals surface area (Å²) < 4.78 is 3.20. The minimum absolute atomic E-state index is 0.0221. The summed E-state index contributed by atoms with van der Waals surface area (Å²) in [6.45, 7) is 7.84. The summed E-state index contributed by atoms with van der Waals surface area (Å²) in [6.07, 6.45) is 0.932. The first kappa shape index (κ1) is 16.3. The van der Waals surface area contributed by atoms with Gasteiger partial charge in [0.25, 0.3) is 0 Å². The van der Waals surface area contributed by atoms with Crippen molar-refractivity contribution in [2.45, 2.75) is 39.5 Å². The third-order valence-electron chi connectivity index (χ3n) is 3.72. The Kier molecular flexibility index (Phi) is 4.95. The predicted molar refractivity (Wildman–Crippen MR) is 92.0 cm³/mol. The molecule has 1 unspecified atom stereocenters. The largest absolute Gasteiger partial charge is 0.317 e. The lowest BCUT2D eigenvalue weighted by atomic mass is 10.1. The van der Waals surface area contributed by atoms with Crippen LogP contribution in [0.4, 0.5) is 0 Å². The first-order valence-corrected chi connectivity index (χ1v) is 8.25. The third-order valence-corrected chi connectivity index (χ3v) is 4.41. The zero-order chi connectivity index (χ0) is 15.7. The molecule has 0 saturated carbocycles. The van der Waals surface area contributed by atoms with Crippen molar-refractivity contribution in [3.8, 4) is 5.69 Å². The van der Waals surface area contributed by atoms with Crippen molar-refractivity contribution < 1.29 is 4.79 Å². The second-order valence-corrected chi connectivity index (χ2v) is 6.80. The molecule has 2 rings (SSSR count). The molecule has 0 aliphatic heterocycles. The SMILES string of the molecule is CCc1cc(Br)ccc1-n1c(C)cc(C(=O)C(C)Cl)c1C. The molecule has 0 N–H and O–H groups in total. The van der Waals surface area contributed by atoms with E-state index in [2.05, 4.69) is 39.6 Å². The highest BCUT2D eigenvalue weighted by molar-refractivity contribution is 9.10.